The van der Waals surface area contributed by atoms with Crippen LogP contribution in [-0.4, -0.2) is 38.4 Å². The lowest BCUT2D eigenvalue weighted by Gasteiger charge is -2.32. The molecule has 170 valence electrons. The molecular formula is C17H19F7N2O3S. The summed E-state index contributed by atoms with van der Waals surface area (Å²) in [5.41, 5.74) is -2.00. The van der Waals surface area contributed by atoms with Gasteiger partial charge in [0.1, 0.15) is 11.0 Å². The van der Waals surface area contributed by atoms with E-state index in [4.69, 9.17) is 0 Å². The molecule has 0 fully saturated rings. The first-order valence-corrected chi connectivity index (χ1v) is 9.46. The minimum atomic E-state index is -6.63. The van der Waals surface area contributed by atoms with Crippen molar-refractivity contribution in [2.45, 2.75) is 49.5 Å². The van der Waals surface area contributed by atoms with Crippen LogP contribution in [0.5, 0.6) is 0 Å². The molecule has 0 bridgehead atoms. The molecule has 0 radical (unpaired) electrons. The van der Waals surface area contributed by atoms with Gasteiger partial charge in [-0.15, -0.1) is 0 Å². The van der Waals surface area contributed by atoms with E-state index in [1.807, 2.05) is 0 Å². The van der Waals surface area contributed by atoms with Crippen LogP contribution in [0, 0.1) is 10.1 Å². The van der Waals surface area contributed by atoms with Gasteiger partial charge in [-0.25, -0.2) is 4.21 Å². The Bertz CT molecular complexity index is 806. The smallest absolute Gasteiger partial charge is 0.303 e. The van der Waals surface area contributed by atoms with Gasteiger partial charge in [0.15, 0.2) is 0 Å². The molecule has 1 rings (SSSR count). The van der Waals surface area contributed by atoms with Gasteiger partial charge in [0, 0.05) is 4.92 Å². The van der Waals surface area contributed by atoms with Crippen LogP contribution in [0.1, 0.15) is 32.3 Å². The fraction of sp³-hybridized carbons (Fsp3) is 0.529. The average molecular weight is 464 g/mol. The summed E-state index contributed by atoms with van der Waals surface area (Å²) < 4.78 is 106. The molecule has 1 aromatic rings. The van der Waals surface area contributed by atoms with Crippen molar-refractivity contribution in [3.8, 4) is 0 Å². The second-order valence-corrected chi connectivity index (χ2v) is 9.21. The number of allylic oxidation sites excluding steroid dienone is 1. The van der Waals surface area contributed by atoms with E-state index in [9.17, 15) is 45.1 Å². The van der Waals surface area contributed by atoms with E-state index in [0.29, 0.717) is 0 Å². The highest BCUT2D eigenvalue weighted by atomic mass is 32.2. The first-order valence-electron chi connectivity index (χ1n) is 8.31. The maximum Gasteiger partial charge on any atom is 0.460 e. The van der Waals surface area contributed by atoms with Crippen molar-refractivity contribution in [1.29, 1.82) is 0 Å². The highest BCUT2D eigenvalue weighted by molar-refractivity contribution is 7.84. The summed E-state index contributed by atoms with van der Waals surface area (Å²) in [5, 5.41) is 10.9. The fourth-order valence-corrected chi connectivity index (χ4v) is 2.82. The van der Waals surface area contributed by atoms with Crippen LogP contribution < -0.4 is 4.72 Å². The van der Waals surface area contributed by atoms with Crippen LogP contribution in [-0.2, 0) is 11.0 Å². The number of hydrogen-bond acceptors (Lipinski definition) is 3. The molecule has 1 unspecified atom stereocenters. The molecule has 0 aliphatic carbocycles. The van der Waals surface area contributed by atoms with Gasteiger partial charge in [0.2, 0.25) is 6.54 Å². The lowest BCUT2D eigenvalue weighted by atomic mass is 9.95. The van der Waals surface area contributed by atoms with Crippen molar-refractivity contribution < 1.29 is 39.9 Å². The number of alkyl halides is 7. The molecule has 1 aromatic carbocycles. The van der Waals surface area contributed by atoms with Crippen LogP contribution in [0.2, 0.25) is 0 Å². The van der Waals surface area contributed by atoms with Gasteiger partial charge in [0.05, 0.1) is 16.4 Å². The maximum atomic E-state index is 14.4. The Labute approximate surface area is 170 Å². The third-order valence-electron chi connectivity index (χ3n) is 3.79. The van der Waals surface area contributed by atoms with Crippen molar-refractivity contribution >= 4 is 11.0 Å². The predicted octanol–water partition coefficient (Wildman–Crippen LogP) is 4.82. The zero-order chi connectivity index (χ0) is 23.5. The number of hydrogen-bond donors (Lipinski definition) is 1. The van der Waals surface area contributed by atoms with Crippen LogP contribution in [0.4, 0.5) is 30.7 Å². The van der Waals surface area contributed by atoms with Crippen molar-refractivity contribution in [2.75, 3.05) is 6.54 Å². The molecule has 0 heterocycles. The molecule has 0 amide bonds. The molecule has 5 nitrogen and oxygen atoms in total. The minimum absolute atomic E-state index is 0.0150. The Kier molecular flexibility index (Phi) is 7.67. The summed E-state index contributed by atoms with van der Waals surface area (Å²) in [6, 6.07) is 6.74. The van der Waals surface area contributed by atoms with E-state index < -0.39 is 56.8 Å². The topological polar surface area (TPSA) is 72.2 Å². The Morgan fingerprint density at radius 3 is 2.00 bits per heavy atom. The summed E-state index contributed by atoms with van der Waals surface area (Å²) in [6.07, 6.45) is -6.44. The van der Waals surface area contributed by atoms with Gasteiger partial charge in [0.25, 0.3) is 0 Å². The summed E-state index contributed by atoms with van der Waals surface area (Å²) >= 11 is 0. The lowest BCUT2D eigenvalue weighted by Crippen LogP contribution is -2.56. The quantitative estimate of drug-likeness (QED) is 0.341. The SMILES string of the molecule is CC(C)(C)[S@@](=O)N/C(=C\C(C[N+](=O)[O-])c1ccccc1)C(F)(F)C(F)(F)C(F)(F)F. The zero-order valence-corrected chi connectivity index (χ0v) is 16.8. The first-order chi connectivity index (χ1) is 13.4. The Balaban J connectivity index is 3.65. The van der Waals surface area contributed by atoms with Crippen LogP contribution in [0.3, 0.4) is 0 Å². The summed E-state index contributed by atoms with van der Waals surface area (Å²) in [5.74, 6) is -14.0. The van der Waals surface area contributed by atoms with E-state index in [-0.39, 0.29) is 11.6 Å². The molecule has 0 saturated heterocycles. The molecule has 0 aliphatic rings. The largest absolute Gasteiger partial charge is 0.460 e. The lowest BCUT2D eigenvalue weighted by molar-refractivity contribution is -0.481. The third kappa shape index (κ3) is 5.92. The van der Waals surface area contributed by atoms with Crippen LogP contribution in [0.15, 0.2) is 42.1 Å². The number of halogens is 7. The van der Waals surface area contributed by atoms with E-state index in [1.54, 1.807) is 0 Å². The van der Waals surface area contributed by atoms with Crippen molar-refractivity contribution in [2.24, 2.45) is 0 Å². The average Bonchev–Trinajstić information content (AvgIpc) is 2.58. The van der Waals surface area contributed by atoms with Crippen molar-refractivity contribution in [3.05, 3.63) is 57.8 Å². The number of benzene rings is 1. The van der Waals surface area contributed by atoms with E-state index in [2.05, 4.69) is 0 Å². The van der Waals surface area contributed by atoms with E-state index in [1.165, 1.54) is 55.8 Å². The summed E-state index contributed by atoms with van der Waals surface area (Å²) in [7, 11) is -2.53. The van der Waals surface area contributed by atoms with Gasteiger partial charge in [-0.2, -0.15) is 30.7 Å². The number of nitrogens with zero attached hydrogens (tertiary/aromatic N) is 1. The van der Waals surface area contributed by atoms with Crippen molar-refractivity contribution in [1.82, 2.24) is 4.72 Å². The fourth-order valence-electron chi connectivity index (χ4n) is 2.12. The minimum Gasteiger partial charge on any atom is -0.303 e. The normalized spacial score (nSPS) is 16.1. The predicted molar refractivity (Wildman–Crippen MR) is 96.1 cm³/mol. The maximum absolute atomic E-state index is 14.4. The number of nitrogens with one attached hydrogen (secondary N) is 1. The van der Waals surface area contributed by atoms with E-state index >= 15 is 0 Å². The molecule has 2 atom stereocenters. The van der Waals surface area contributed by atoms with Crippen molar-refractivity contribution in [3.63, 3.8) is 0 Å². The Morgan fingerprint density at radius 2 is 1.60 bits per heavy atom. The summed E-state index contributed by atoms with van der Waals surface area (Å²) in [6.45, 7) is 2.71. The molecule has 0 aliphatic heterocycles. The standard InChI is InChI=1S/C17H19F7N2O3S/c1-14(2,3)30(29)25-13(15(18,19)16(20,21)17(22,23)24)9-12(10-26(27)28)11-7-5-4-6-8-11/h4-9,12,25H,10H2,1-3H3/b13-9-/t12?,30-/m1/s1. The molecule has 30 heavy (non-hydrogen) atoms. The highest BCUT2D eigenvalue weighted by Gasteiger charge is 2.74. The first kappa shape index (κ1) is 25.9. The molecule has 13 heteroatoms. The third-order valence-corrected chi connectivity index (χ3v) is 5.31. The number of rotatable bonds is 8. The van der Waals surface area contributed by atoms with Crippen LogP contribution in [0.25, 0.3) is 0 Å². The van der Waals surface area contributed by atoms with Gasteiger partial charge in [-0.05, 0) is 32.4 Å². The van der Waals surface area contributed by atoms with Gasteiger partial charge < -0.3 is 4.72 Å². The molecular weight excluding hydrogens is 445 g/mol. The highest BCUT2D eigenvalue weighted by Crippen LogP contribution is 2.49. The number of nitro groups is 1. The molecule has 1 N–H and O–H groups in total. The molecule has 0 aromatic heterocycles. The summed E-state index contributed by atoms with van der Waals surface area (Å²) in [4.78, 5) is 9.99. The van der Waals surface area contributed by atoms with Gasteiger partial charge in [-0.3, -0.25) is 10.1 Å². The Morgan fingerprint density at radius 1 is 1.10 bits per heavy atom. The molecule has 0 saturated carbocycles. The molecule has 0 spiro atoms. The van der Waals surface area contributed by atoms with E-state index in [0.717, 1.165) is 0 Å². The van der Waals surface area contributed by atoms with Crippen LogP contribution >= 0.6 is 0 Å². The second kappa shape index (κ2) is 8.90. The van der Waals surface area contributed by atoms with Gasteiger partial charge >= 0.3 is 18.0 Å². The monoisotopic (exact) mass is 464 g/mol. The zero-order valence-electron chi connectivity index (χ0n) is 16.0. The Hall–Kier alpha value is -2.18. The van der Waals surface area contributed by atoms with Gasteiger partial charge in [-0.1, -0.05) is 30.3 Å². The second-order valence-electron chi connectivity index (χ2n) is 7.24.